The molecule has 0 aromatic heterocycles. The second kappa shape index (κ2) is 6.39. The van der Waals surface area contributed by atoms with Gasteiger partial charge in [-0.3, -0.25) is 0 Å². The summed E-state index contributed by atoms with van der Waals surface area (Å²) >= 11 is 0. The number of halogens is 3. The van der Waals surface area contributed by atoms with Gasteiger partial charge in [0.2, 0.25) is 0 Å². The van der Waals surface area contributed by atoms with E-state index in [0.717, 1.165) is 6.54 Å². The van der Waals surface area contributed by atoms with E-state index in [-0.39, 0.29) is 0 Å². The number of carbonyl (C=O) groups is 1. The highest BCUT2D eigenvalue weighted by molar-refractivity contribution is 5.73. The predicted molar refractivity (Wildman–Crippen MR) is 81.5 cm³/mol. The first-order valence-electron chi connectivity index (χ1n) is 7.57. The van der Waals surface area contributed by atoms with E-state index in [1.54, 1.807) is 5.56 Å². The standard InChI is InChI=1S/C14H20N2.C2HF3O2/c1-11(9-15)16-10-14(7-4-8-14)12-5-2-3-6-13(12)16;3-2(4,5)1(6)7/h2-3,5-6,11H,4,7-10,15H2,1H3;(H,6,7). The SMILES string of the molecule is CC(CN)N1CC2(CCC2)c2ccccc21.O=C(O)C(F)(F)F. The van der Waals surface area contributed by atoms with Crippen LogP contribution in [0.15, 0.2) is 24.3 Å². The molecule has 23 heavy (non-hydrogen) atoms. The minimum atomic E-state index is -5.08. The van der Waals surface area contributed by atoms with Crippen LogP contribution in [0.1, 0.15) is 31.7 Å². The molecule has 1 fully saturated rings. The number of anilines is 1. The summed E-state index contributed by atoms with van der Waals surface area (Å²) in [6.45, 7) is 4.16. The molecule has 4 nitrogen and oxygen atoms in total. The monoisotopic (exact) mass is 330 g/mol. The highest BCUT2D eigenvalue weighted by Gasteiger charge is 2.47. The molecule has 1 unspecified atom stereocenters. The van der Waals surface area contributed by atoms with E-state index in [9.17, 15) is 13.2 Å². The summed E-state index contributed by atoms with van der Waals surface area (Å²) in [5.74, 6) is -2.76. The Morgan fingerprint density at radius 3 is 2.39 bits per heavy atom. The van der Waals surface area contributed by atoms with Crippen LogP contribution in [0.5, 0.6) is 0 Å². The quantitative estimate of drug-likeness (QED) is 0.875. The summed E-state index contributed by atoms with van der Waals surface area (Å²) < 4.78 is 31.7. The van der Waals surface area contributed by atoms with Crippen molar-refractivity contribution in [2.45, 2.75) is 43.8 Å². The molecule has 0 saturated heterocycles. The molecule has 1 heterocycles. The maximum Gasteiger partial charge on any atom is 0.490 e. The Kier molecular flexibility index (Phi) is 4.89. The first-order valence-corrected chi connectivity index (χ1v) is 7.57. The van der Waals surface area contributed by atoms with E-state index in [0.29, 0.717) is 11.5 Å². The molecule has 1 aromatic carbocycles. The minimum absolute atomic E-state index is 0.459. The third kappa shape index (κ3) is 3.44. The maximum absolute atomic E-state index is 10.6. The minimum Gasteiger partial charge on any atom is -0.475 e. The zero-order chi connectivity index (χ0) is 17.3. The van der Waals surface area contributed by atoms with E-state index < -0.39 is 12.1 Å². The van der Waals surface area contributed by atoms with E-state index in [1.807, 2.05) is 0 Å². The maximum atomic E-state index is 10.6. The highest BCUT2D eigenvalue weighted by atomic mass is 19.4. The summed E-state index contributed by atoms with van der Waals surface area (Å²) in [5, 5.41) is 7.12. The van der Waals surface area contributed by atoms with Crippen molar-refractivity contribution in [2.75, 3.05) is 18.0 Å². The second-order valence-electron chi connectivity index (χ2n) is 6.17. The van der Waals surface area contributed by atoms with Gasteiger partial charge in [-0.1, -0.05) is 24.6 Å². The molecule has 1 aliphatic heterocycles. The van der Waals surface area contributed by atoms with Crippen molar-refractivity contribution < 1.29 is 23.1 Å². The molecule has 7 heteroatoms. The fraction of sp³-hybridized carbons (Fsp3) is 0.562. The molecule has 1 atom stereocenters. The molecule has 1 aromatic rings. The molecule has 1 spiro atoms. The van der Waals surface area contributed by atoms with Crippen LogP contribution in [0.3, 0.4) is 0 Å². The van der Waals surface area contributed by atoms with E-state index >= 15 is 0 Å². The molecule has 2 aliphatic rings. The van der Waals surface area contributed by atoms with Crippen molar-refractivity contribution >= 4 is 11.7 Å². The molecular weight excluding hydrogens is 309 g/mol. The summed E-state index contributed by atoms with van der Waals surface area (Å²) in [7, 11) is 0. The zero-order valence-electron chi connectivity index (χ0n) is 12.9. The van der Waals surface area contributed by atoms with E-state index in [2.05, 4.69) is 36.1 Å². The van der Waals surface area contributed by atoms with Gasteiger partial charge in [0.05, 0.1) is 0 Å². The Morgan fingerprint density at radius 1 is 1.39 bits per heavy atom. The average molecular weight is 330 g/mol. The molecule has 0 radical (unpaired) electrons. The van der Waals surface area contributed by atoms with Crippen molar-refractivity contribution in [2.24, 2.45) is 5.73 Å². The Bertz CT molecular complexity index is 571. The molecule has 0 amide bonds. The number of alkyl halides is 3. The number of aliphatic carboxylic acids is 1. The Labute approximate surface area is 133 Å². The number of nitrogens with zero attached hydrogens (tertiary/aromatic N) is 1. The predicted octanol–water partition coefficient (Wildman–Crippen LogP) is 2.91. The number of hydrogen-bond acceptors (Lipinski definition) is 3. The van der Waals surface area contributed by atoms with Gasteiger partial charge in [-0.05, 0) is 31.4 Å². The number of carboxylic acid groups (broad SMARTS) is 1. The van der Waals surface area contributed by atoms with Crippen LogP contribution in [0.2, 0.25) is 0 Å². The summed E-state index contributed by atoms with van der Waals surface area (Å²) in [4.78, 5) is 11.4. The zero-order valence-corrected chi connectivity index (χ0v) is 12.9. The van der Waals surface area contributed by atoms with Gasteiger partial charge in [-0.15, -0.1) is 0 Å². The Hall–Kier alpha value is -1.76. The molecule has 128 valence electrons. The van der Waals surface area contributed by atoms with Gasteiger partial charge >= 0.3 is 12.1 Å². The second-order valence-corrected chi connectivity index (χ2v) is 6.17. The lowest BCUT2D eigenvalue weighted by Gasteiger charge is -2.40. The summed E-state index contributed by atoms with van der Waals surface area (Å²) in [6, 6.07) is 9.36. The molecule has 3 N–H and O–H groups in total. The van der Waals surface area contributed by atoms with Crippen molar-refractivity contribution in [3.63, 3.8) is 0 Å². The number of para-hydroxylation sites is 1. The van der Waals surface area contributed by atoms with Crippen LogP contribution in [0.25, 0.3) is 0 Å². The number of nitrogens with two attached hydrogens (primary N) is 1. The largest absolute Gasteiger partial charge is 0.490 e. The van der Waals surface area contributed by atoms with Crippen molar-refractivity contribution in [1.29, 1.82) is 0 Å². The first-order chi connectivity index (χ1) is 10.7. The lowest BCUT2D eigenvalue weighted by atomic mass is 9.66. The number of fused-ring (bicyclic) bond motifs is 2. The molecule has 3 rings (SSSR count). The Morgan fingerprint density at radius 2 is 1.96 bits per heavy atom. The molecule has 1 aliphatic carbocycles. The van der Waals surface area contributed by atoms with Crippen LogP contribution < -0.4 is 10.6 Å². The van der Waals surface area contributed by atoms with Gasteiger partial charge in [0, 0.05) is 30.2 Å². The van der Waals surface area contributed by atoms with Crippen molar-refractivity contribution in [1.82, 2.24) is 0 Å². The third-order valence-corrected chi connectivity index (χ3v) is 4.68. The van der Waals surface area contributed by atoms with Gasteiger partial charge in [0.1, 0.15) is 0 Å². The molecule has 0 bridgehead atoms. The van der Waals surface area contributed by atoms with Gasteiger partial charge < -0.3 is 15.7 Å². The molecule has 1 saturated carbocycles. The van der Waals surface area contributed by atoms with Gasteiger partial charge in [-0.2, -0.15) is 13.2 Å². The van der Waals surface area contributed by atoms with Crippen LogP contribution in [-0.2, 0) is 10.2 Å². The van der Waals surface area contributed by atoms with Crippen LogP contribution in [-0.4, -0.2) is 36.4 Å². The van der Waals surface area contributed by atoms with E-state index in [1.165, 1.54) is 31.5 Å². The number of hydrogen-bond donors (Lipinski definition) is 2. The van der Waals surface area contributed by atoms with E-state index in [4.69, 9.17) is 15.6 Å². The third-order valence-electron chi connectivity index (χ3n) is 4.68. The topological polar surface area (TPSA) is 66.6 Å². The van der Waals surface area contributed by atoms with Crippen LogP contribution in [0, 0.1) is 0 Å². The van der Waals surface area contributed by atoms with Gasteiger partial charge in [0.25, 0.3) is 0 Å². The molecular formula is C16H21F3N2O2. The van der Waals surface area contributed by atoms with Crippen molar-refractivity contribution in [3.05, 3.63) is 29.8 Å². The summed E-state index contributed by atoms with van der Waals surface area (Å²) in [6.07, 6.45) is -0.977. The highest BCUT2D eigenvalue weighted by Crippen LogP contribution is 2.52. The first kappa shape index (κ1) is 17.6. The number of carboxylic acids is 1. The number of rotatable bonds is 2. The Balaban J connectivity index is 0.000000236. The fourth-order valence-corrected chi connectivity index (χ4v) is 3.22. The lowest BCUT2D eigenvalue weighted by molar-refractivity contribution is -0.192. The fourth-order valence-electron chi connectivity index (χ4n) is 3.22. The lowest BCUT2D eigenvalue weighted by Crippen LogP contribution is -2.44. The van der Waals surface area contributed by atoms with Crippen LogP contribution in [0.4, 0.5) is 18.9 Å². The normalized spacial score (nSPS) is 19.4. The average Bonchev–Trinajstić information content (AvgIpc) is 2.82. The number of benzene rings is 1. The van der Waals surface area contributed by atoms with Gasteiger partial charge in [-0.25, -0.2) is 4.79 Å². The smallest absolute Gasteiger partial charge is 0.475 e. The van der Waals surface area contributed by atoms with Crippen LogP contribution >= 0.6 is 0 Å². The van der Waals surface area contributed by atoms with Gasteiger partial charge in [0.15, 0.2) is 0 Å². The van der Waals surface area contributed by atoms with Crippen molar-refractivity contribution in [3.8, 4) is 0 Å². The summed E-state index contributed by atoms with van der Waals surface area (Å²) in [5.41, 5.74) is 9.29.